The number of aliphatic hydroxyl groups is 1. The van der Waals surface area contributed by atoms with E-state index >= 15 is 0 Å². The van der Waals surface area contributed by atoms with Crippen molar-refractivity contribution in [3.8, 4) is 11.5 Å². The highest BCUT2D eigenvalue weighted by Gasteiger charge is 2.14. The quantitative estimate of drug-likeness (QED) is 0.761. The molecule has 0 bridgehead atoms. The van der Waals surface area contributed by atoms with Gasteiger partial charge in [-0.3, -0.25) is 0 Å². The van der Waals surface area contributed by atoms with E-state index in [-0.39, 0.29) is 5.75 Å². The molecule has 0 saturated heterocycles. The van der Waals surface area contributed by atoms with Gasteiger partial charge < -0.3 is 14.9 Å². The fourth-order valence-electron chi connectivity index (χ4n) is 1.49. The molecule has 0 fully saturated rings. The van der Waals surface area contributed by atoms with Crippen LogP contribution in [0.15, 0.2) is 6.07 Å². The molecule has 2 N–H and O–H groups in total. The number of phenolic OH excluding ortho intramolecular Hbond substituents is 1. The molecule has 0 aromatic heterocycles. The van der Waals surface area contributed by atoms with Gasteiger partial charge in [0.1, 0.15) is 0 Å². The molecule has 1 atom stereocenters. The van der Waals surface area contributed by atoms with Crippen LogP contribution in [0.5, 0.6) is 11.5 Å². The van der Waals surface area contributed by atoms with Crippen molar-refractivity contribution >= 4 is 0 Å². The number of hydrogen-bond acceptors (Lipinski definition) is 3. The molecule has 3 nitrogen and oxygen atoms in total. The van der Waals surface area contributed by atoms with Gasteiger partial charge in [0.25, 0.3) is 0 Å². The fourth-order valence-corrected chi connectivity index (χ4v) is 1.49. The third kappa shape index (κ3) is 1.68. The van der Waals surface area contributed by atoms with Crippen molar-refractivity contribution in [1.82, 2.24) is 0 Å². The first-order chi connectivity index (χ1) is 6.49. The lowest BCUT2D eigenvalue weighted by Gasteiger charge is -2.15. The molecular formula is C11H16O3. The number of methoxy groups -OCH3 is 1. The Hall–Kier alpha value is -1.22. The molecule has 78 valence electrons. The van der Waals surface area contributed by atoms with E-state index in [1.54, 1.807) is 19.9 Å². The zero-order valence-electron chi connectivity index (χ0n) is 8.96. The summed E-state index contributed by atoms with van der Waals surface area (Å²) in [6.45, 7) is 5.37. The van der Waals surface area contributed by atoms with Crippen LogP contribution in [0.4, 0.5) is 0 Å². The van der Waals surface area contributed by atoms with Gasteiger partial charge in [0.15, 0.2) is 11.5 Å². The lowest BCUT2D eigenvalue weighted by Crippen LogP contribution is -1.99. The summed E-state index contributed by atoms with van der Waals surface area (Å²) in [5.74, 6) is 0.554. The molecule has 3 heteroatoms. The number of aliphatic hydroxyl groups excluding tert-OH is 1. The minimum Gasteiger partial charge on any atom is -0.504 e. The maximum atomic E-state index is 9.68. The predicted molar refractivity (Wildman–Crippen MR) is 54.8 cm³/mol. The van der Waals surface area contributed by atoms with Crippen molar-refractivity contribution in [2.45, 2.75) is 26.9 Å². The van der Waals surface area contributed by atoms with Gasteiger partial charge in [0.2, 0.25) is 0 Å². The molecule has 0 spiro atoms. The fraction of sp³-hybridized carbons (Fsp3) is 0.455. The maximum Gasteiger partial charge on any atom is 0.161 e. The van der Waals surface area contributed by atoms with E-state index in [4.69, 9.17) is 4.74 Å². The second-order valence-corrected chi connectivity index (χ2v) is 3.44. The van der Waals surface area contributed by atoms with Gasteiger partial charge in [-0.05, 0) is 43.5 Å². The SMILES string of the molecule is COc1cc(C(C)O)c(C)c(C)c1O. The van der Waals surface area contributed by atoms with Crippen molar-refractivity contribution in [2.75, 3.05) is 7.11 Å². The molecule has 0 aliphatic heterocycles. The molecule has 1 aromatic carbocycles. The Bertz CT molecular complexity index is 343. The topological polar surface area (TPSA) is 49.7 Å². The van der Waals surface area contributed by atoms with E-state index in [0.717, 1.165) is 16.7 Å². The largest absolute Gasteiger partial charge is 0.504 e. The summed E-state index contributed by atoms with van der Waals surface area (Å²) in [5, 5.41) is 19.2. The third-order valence-corrected chi connectivity index (χ3v) is 2.54. The molecule has 1 aromatic rings. The van der Waals surface area contributed by atoms with Crippen LogP contribution in [0.2, 0.25) is 0 Å². The Morgan fingerprint density at radius 2 is 1.86 bits per heavy atom. The van der Waals surface area contributed by atoms with Crippen LogP contribution < -0.4 is 4.74 Å². The number of hydrogen-bond donors (Lipinski definition) is 2. The zero-order chi connectivity index (χ0) is 10.9. The van der Waals surface area contributed by atoms with Crippen molar-refractivity contribution in [3.63, 3.8) is 0 Å². The average molecular weight is 196 g/mol. The van der Waals surface area contributed by atoms with Gasteiger partial charge in [0.05, 0.1) is 13.2 Å². The minimum atomic E-state index is -0.553. The molecule has 0 aliphatic rings. The predicted octanol–water partition coefficient (Wildman–Crippen LogP) is 2.07. The molecule has 14 heavy (non-hydrogen) atoms. The van der Waals surface area contributed by atoms with Crippen LogP contribution >= 0.6 is 0 Å². The normalized spacial score (nSPS) is 12.6. The van der Waals surface area contributed by atoms with Crippen LogP contribution in [-0.4, -0.2) is 17.3 Å². The maximum absolute atomic E-state index is 9.68. The molecule has 0 radical (unpaired) electrons. The average Bonchev–Trinajstić information content (AvgIpc) is 2.14. The lowest BCUT2D eigenvalue weighted by molar-refractivity contribution is 0.197. The summed E-state index contributed by atoms with van der Waals surface area (Å²) in [5.41, 5.74) is 2.44. The monoisotopic (exact) mass is 196 g/mol. The lowest BCUT2D eigenvalue weighted by atomic mass is 9.98. The van der Waals surface area contributed by atoms with Gasteiger partial charge in [-0.25, -0.2) is 0 Å². The Labute approximate surface area is 84.0 Å². The molecule has 0 saturated carbocycles. The van der Waals surface area contributed by atoms with Crippen molar-refractivity contribution in [1.29, 1.82) is 0 Å². The number of benzene rings is 1. The number of aromatic hydroxyl groups is 1. The van der Waals surface area contributed by atoms with E-state index in [2.05, 4.69) is 0 Å². The van der Waals surface area contributed by atoms with Crippen LogP contribution in [0.1, 0.15) is 29.7 Å². The van der Waals surface area contributed by atoms with Gasteiger partial charge in [0, 0.05) is 0 Å². The highest BCUT2D eigenvalue weighted by molar-refractivity contribution is 5.53. The van der Waals surface area contributed by atoms with Crippen LogP contribution in [-0.2, 0) is 0 Å². The highest BCUT2D eigenvalue weighted by atomic mass is 16.5. The summed E-state index contributed by atoms with van der Waals surface area (Å²) in [6.07, 6.45) is -0.553. The summed E-state index contributed by atoms with van der Waals surface area (Å²) in [4.78, 5) is 0. The third-order valence-electron chi connectivity index (χ3n) is 2.54. The Balaban J connectivity index is 3.40. The summed E-state index contributed by atoms with van der Waals surface area (Å²) < 4.78 is 5.01. The van der Waals surface area contributed by atoms with E-state index in [0.29, 0.717) is 5.75 Å². The molecular weight excluding hydrogens is 180 g/mol. The first-order valence-corrected chi connectivity index (χ1v) is 4.54. The van der Waals surface area contributed by atoms with Gasteiger partial charge in [-0.15, -0.1) is 0 Å². The van der Waals surface area contributed by atoms with Crippen molar-refractivity contribution in [3.05, 3.63) is 22.8 Å². The van der Waals surface area contributed by atoms with Gasteiger partial charge in [-0.1, -0.05) is 0 Å². The number of rotatable bonds is 2. The Kier molecular flexibility index (Phi) is 3.01. The van der Waals surface area contributed by atoms with Crippen LogP contribution in [0.25, 0.3) is 0 Å². The summed E-state index contributed by atoms with van der Waals surface area (Å²) in [7, 11) is 1.50. The molecule has 1 rings (SSSR count). The van der Waals surface area contributed by atoms with Crippen LogP contribution in [0, 0.1) is 13.8 Å². The second-order valence-electron chi connectivity index (χ2n) is 3.44. The van der Waals surface area contributed by atoms with Crippen molar-refractivity contribution in [2.24, 2.45) is 0 Å². The van der Waals surface area contributed by atoms with E-state index in [9.17, 15) is 10.2 Å². The standard InChI is InChI=1S/C11H16O3/c1-6-7(2)11(13)10(14-4)5-9(6)8(3)12/h5,8,12-13H,1-4H3. The van der Waals surface area contributed by atoms with Gasteiger partial charge in [-0.2, -0.15) is 0 Å². The summed E-state index contributed by atoms with van der Waals surface area (Å²) in [6, 6.07) is 1.67. The molecule has 0 aliphatic carbocycles. The Morgan fingerprint density at radius 1 is 1.29 bits per heavy atom. The summed E-state index contributed by atoms with van der Waals surface area (Å²) >= 11 is 0. The molecule has 0 amide bonds. The highest BCUT2D eigenvalue weighted by Crippen LogP contribution is 2.35. The van der Waals surface area contributed by atoms with E-state index < -0.39 is 6.10 Å². The second kappa shape index (κ2) is 3.88. The number of ether oxygens (including phenoxy) is 1. The van der Waals surface area contributed by atoms with E-state index in [1.807, 2.05) is 6.92 Å². The minimum absolute atomic E-state index is 0.148. The molecule has 0 heterocycles. The first kappa shape index (κ1) is 10.9. The zero-order valence-corrected chi connectivity index (χ0v) is 8.96. The molecule has 1 unspecified atom stereocenters. The van der Waals surface area contributed by atoms with Gasteiger partial charge >= 0.3 is 0 Å². The first-order valence-electron chi connectivity index (χ1n) is 4.54. The van der Waals surface area contributed by atoms with Crippen molar-refractivity contribution < 1.29 is 14.9 Å². The van der Waals surface area contributed by atoms with Crippen LogP contribution in [0.3, 0.4) is 0 Å². The Morgan fingerprint density at radius 3 is 2.29 bits per heavy atom. The smallest absolute Gasteiger partial charge is 0.161 e. The number of phenols is 1. The van der Waals surface area contributed by atoms with E-state index in [1.165, 1.54) is 7.11 Å².